The summed E-state index contributed by atoms with van der Waals surface area (Å²) in [5.41, 5.74) is 0. The minimum absolute atomic E-state index is 0.733. The van der Waals surface area contributed by atoms with Crippen molar-refractivity contribution < 1.29 is 0 Å². The van der Waals surface area contributed by atoms with Gasteiger partial charge in [-0.25, -0.2) is 0 Å². The highest BCUT2D eigenvalue weighted by Crippen LogP contribution is 2.30. The summed E-state index contributed by atoms with van der Waals surface area (Å²) in [7, 11) is 0. The van der Waals surface area contributed by atoms with Crippen LogP contribution in [0.2, 0.25) is 0 Å². The van der Waals surface area contributed by atoms with E-state index in [4.69, 9.17) is 0 Å². The molecule has 3 atom stereocenters. The van der Waals surface area contributed by atoms with E-state index in [1.165, 1.54) is 64.5 Å². The number of piperazine rings is 1. The van der Waals surface area contributed by atoms with Crippen molar-refractivity contribution in [2.75, 3.05) is 13.1 Å². The third kappa shape index (κ3) is 4.69. The molecule has 2 rings (SSSR count). The molecule has 1 aliphatic heterocycles. The van der Waals surface area contributed by atoms with Gasteiger partial charge in [-0.05, 0) is 38.0 Å². The molecule has 0 aromatic rings. The summed E-state index contributed by atoms with van der Waals surface area (Å²) < 4.78 is 0. The molecular weight excluding hydrogens is 256 g/mol. The van der Waals surface area contributed by atoms with Crippen LogP contribution >= 0.6 is 0 Å². The molecule has 1 heterocycles. The van der Waals surface area contributed by atoms with Crippen LogP contribution in [0.3, 0.4) is 0 Å². The maximum atomic E-state index is 3.92. The van der Waals surface area contributed by atoms with Crippen molar-refractivity contribution in [1.29, 1.82) is 0 Å². The first-order valence-electron chi connectivity index (χ1n) is 9.62. The molecule has 0 aromatic heterocycles. The lowest BCUT2D eigenvalue weighted by Gasteiger charge is -2.48. The topological polar surface area (TPSA) is 15.3 Å². The van der Waals surface area contributed by atoms with Gasteiger partial charge in [0.25, 0.3) is 0 Å². The van der Waals surface area contributed by atoms with Gasteiger partial charge in [0.05, 0.1) is 0 Å². The number of hydrogen-bond acceptors (Lipinski definition) is 2. The molecule has 0 spiro atoms. The first-order chi connectivity index (χ1) is 10.1. The second kappa shape index (κ2) is 8.53. The van der Waals surface area contributed by atoms with Gasteiger partial charge in [0.1, 0.15) is 0 Å². The molecule has 3 unspecified atom stereocenters. The van der Waals surface area contributed by atoms with E-state index in [0.717, 1.165) is 30.0 Å². The van der Waals surface area contributed by atoms with Crippen LogP contribution < -0.4 is 5.32 Å². The highest BCUT2D eigenvalue weighted by molar-refractivity contribution is 4.93. The molecule has 0 bridgehead atoms. The van der Waals surface area contributed by atoms with Crippen molar-refractivity contribution in [2.24, 2.45) is 11.8 Å². The lowest BCUT2D eigenvalue weighted by Crippen LogP contribution is -2.62. The van der Waals surface area contributed by atoms with Gasteiger partial charge in [0, 0.05) is 31.2 Å². The molecule has 124 valence electrons. The van der Waals surface area contributed by atoms with Gasteiger partial charge in [-0.3, -0.25) is 4.90 Å². The monoisotopic (exact) mass is 294 g/mol. The number of hydrogen-bond donors (Lipinski definition) is 1. The Labute approximate surface area is 133 Å². The molecule has 0 aromatic carbocycles. The van der Waals surface area contributed by atoms with Crippen LogP contribution in [0.5, 0.6) is 0 Å². The summed E-state index contributed by atoms with van der Waals surface area (Å²) in [6.45, 7) is 12.1. The van der Waals surface area contributed by atoms with Gasteiger partial charge >= 0.3 is 0 Å². The molecule has 0 radical (unpaired) electrons. The molecule has 21 heavy (non-hydrogen) atoms. The predicted molar refractivity (Wildman–Crippen MR) is 92.7 cm³/mol. The standard InChI is InChI=1S/C19H38N2/c1-5-6-10-16(4)21-14-18(17-11-8-7-9-12-17)20-13-19(21)15(2)3/h15-20H,5-14H2,1-4H3. The third-order valence-electron chi connectivity index (χ3n) is 5.95. The molecule has 2 heteroatoms. The van der Waals surface area contributed by atoms with Crippen molar-refractivity contribution in [3.05, 3.63) is 0 Å². The zero-order valence-corrected chi connectivity index (χ0v) is 14.9. The highest BCUT2D eigenvalue weighted by Gasteiger charge is 2.35. The number of nitrogens with one attached hydrogen (secondary N) is 1. The molecule has 1 N–H and O–H groups in total. The lowest BCUT2D eigenvalue weighted by atomic mass is 9.81. The van der Waals surface area contributed by atoms with E-state index in [0.29, 0.717) is 0 Å². The average Bonchev–Trinajstić information content (AvgIpc) is 2.52. The molecule has 2 nitrogen and oxygen atoms in total. The summed E-state index contributed by atoms with van der Waals surface area (Å²) in [6, 6.07) is 2.24. The maximum absolute atomic E-state index is 3.92. The van der Waals surface area contributed by atoms with Gasteiger partial charge in [-0.2, -0.15) is 0 Å². The fourth-order valence-corrected chi connectivity index (χ4v) is 4.46. The first-order valence-corrected chi connectivity index (χ1v) is 9.62. The Morgan fingerprint density at radius 3 is 2.43 bits per heavy atom. The second-order valence-electron chi connectivity index (χ2n) is 7.91. The summed E-state index contributed by atoms with van der Waals surface area (Å²) in [5, 5.41) is 3.92. The Morgan fingerprint density at radius 1 is 1.10 bits per heavy atom. The highest BCUT2D eigenvalue weighted by atomic mass is 15.3. The predicted octanol–water partition coefficient (Wildman–Crippen LogP) is 4.44. The van der Waals surface area contributed by atoms with E-state index in [1.807, 2.05) is 0 Å². The molecule has 1 saturated carbocycles. The van der Waals surface area contributed by atoms with Gasteiger partial charge in [-0.15, -0.1) is 0 Å². The largest absolute Gasteiger partial charge is 0.311 e. The van der Waals surface area contributed by atoms with E-state index >= 15 is 0 Å². The molecule has 1 aliphatic carbocycles. The normalized spacial score (nSPS) is 30.7. The SMILES string of the molecule is CCCCC(C)N1CC(C2CCCCC2)NCC1C(C)C. The second-order valence-corrected chi connectivity index (χ2v) is 7.91. The van der Waals surface area contributed by atoms with E-state index in [-0.39, 0.29) is 0 Å². The summed E-state index contributed by atoms with van der Waals surface area (Å²) >= 11 is 0. The first kappa shape index (κ1) is 17.3. The fraction of sp³-hybridized carbons (Fsp3) is 1.00. The Kier molecular flexibility index (Phi) is 7.01. The van der Waals surface area contributed by atoms with Gasteiger partial charge in [-0.1, -0.05) is 52.9 Å². The van der Waals surface area contributed by atoms with Crippen molar-refractivity contribution >= 4 is 0 Å². The van der Waals surface area contributed by atoms with Crippen molar-refractivity contribution in [1.82, 2.24) is 10.2 Å². The Bertz CT molecular complexity index is 283. The Morgan fingerprint density at radius 2 is 1.81 bits per heavy atom. The van der Waals surface area contributed by atoms with Gasteiger partial charge in [0.15, 0.2) is 0 Å². The van der Waals surface area contributed by atoms with Crippen molar-refractivity contribution in [2.45, 2.75) is 97.2 Å². The van der Waals surface area contributed by atoms with E-state index in [1.54, 1.807) is 0 Å². The van der Waals surface area contributed by atoms with E-state index in [9.17, 15) is 0 Å². The number of nitrogens with zero attached hydrogens (tertiary/aromatic N) is 1. The van der Waals surface area contributed by atoms with Crippen LogP contribution in [0.1, 0.15) is 79.1 Å². The van der Waals surface area contributed by atoms with Crippen LogP contribution in [0.15, 0.2) is 0 Å². The maximum Gasteiger partial charge on any atom is 0.0247 e. The smallest absolute Gasteiger partial charge is 0.0247 e. The minimum Gasteiger partial charge on any atom is -0.311 e. The van der Waals surface area contributed by atoms with Crippen molar-refractivity contribution in [3.63, 3.8) is 0 Å². The van der Waals surface area contributed by atoms with E-state index in [2.05, 4.69) is 37.9 Å². The van der Waals surface area contributed by atoms with Crippen LogP contribution in [0, 0.1) is 11.8 Å². The zero-order valence-electron chi connectivity index (χ0n) is 14.9. The fourth-order valence-electron chi connectivity index (χ4n) is 4.46. The zero-order chi connectivity index (χ0) is 15.2. The number of unbranched alkanes of at least 4 members (excludes halogenated alkanes) is 1. The van der Waals surface area contributed by atoms with Crippen LogP contribution in [0.25, 0.3) is 0 Å². The minimum atomic E-state index is 0.733. The van der Waals surface area contributed by atoms with Gasteiger partial charge < -0.3 is 5.32 Å². The lowest BCUT2D eigenvalue weighted by molar-refractivity contribution is 0.0386. The molecule has 2 fully saturated rings. The quantitative estimate of drug-likeness (QED) is 0.779. The molecule has 2 aliphatic rings. The Hall–Kier alpha value is -0.0800. The summed E-state index contributed by atoms with van der Waals surface area (Å²) in [5.74, 6) is 1.70. The van der Waals surface area contributed by atoms with Crippen LogP contribution in [-0.4, -0.2) is 36.1 Å². The van der Waals surface area contributed by atoms with Gasteiger partial charge in [0.2, 0.25) is 0 Å². The Balaban J connectivity index is 1.97. The van der Waals surface area contributed by atoms with E-state index < -0.39 is 0 Å². The average molecular weight is 295 g/mol. The summed E-state index contributed by atoms with van der Waals surface area (Å²) in [4.78, 5) is 2.86. The molecular formula is C19H38N2. The molecule has 0 amide bonds. The van der Waals surface area contributed by atoms with Crippen LogP contribution in [0.4, 0.5) is 0 Å². The third-order valence-corrected chi connectivity index (χ3v) is 5.95. The van der Waals surface area contributed by atoms with Crippen LogP contribution in [-0.2, 0) is 0 Å². The summed E-state index contributed by atoms with van der Waals surface area (Å²) in [6.07, 6.45) is 11.4. The number of rotatable bonds is 6. The van der Waals surface area contributed by atoms with Crippen molar-refractivity contribution in [3.8, 4) is 0 Å². The molecule has 1 saturated heterocycles.